The Morgan fingerprint density at radius 1 is 1.37 bits per heavy atom. The third-order valence-corrected chi connectivity index (χ3v) is 3.42. The van der Waals surface area contributed by atoms with E-state index in [4.69, 9.17) is 21.1 Å². The van der Waals surface area contributed by atoms with Gasteiger partial charge in [0.25, 0.3) is 0 Å². The van der Waals surface area contributed by atoms with Gasteiger partial charge in [0.15, 0.2) is 5.16 Å². The second-order valence-electron chi connectivity index (χ2n) is 3.80. The predicted molar refractivity (Wildman–Crippen MR) is 79.5 cm³/mol. The van der Waals surface area contributed by atoms with E-state index in [0.29, 0.717) is 25.7 Å². The van der Waals surface area contributed by atoms with Crippen LogP contribution in [-0.2, 0) is 4.74 Å². The van der Waals surface area contributed by atoms with Crippen molar-refractivity contribution in [1.29, 1.82) is 0 Å². The van der Waals surface area contributed by atoms with Crippen molar-refractivity contribution >= 4 is 34.4 Å². The summed E-state index contributed by atoms with van der Waals surface area (Å²) >= 11 is 7.17. The van der Waals surface area contributed by atoms with Crippen LogP contribution in [0.3, 0.4) is 0 Å². The Morgan fingerprint density at radius 2 is 2.26 bits per heavy atom. The van der Waals surface area contributed by atoms with Crippen LogP contribution in [-0.4, -0.2) is 41.4 Å². The molecule has 0 aliphatic rings. The number of thioether (sulfide) groups is 1. The second kappa shape index (κ2) is 7.62. The number of alkyl halides is 1. The fraction of sp³-hybridized carbons (Fsp3) is 0.462. The molecular formula is C13H17ClN2O2S. The van der Waals surface area contributed by atoms with Crippen molar-refractivity contribution in [3.63, 3.8) is 0 Å². The molecule has 4 nitrogen and oxygen atoms in total. The first-order valence-electron chi connectivity index (χ1n) is 6.22. The van der Waals surface area contributed by atoms with Crippen molar-refractivity contribution in [3.05, 3.63) is 18.2 Å². The lowest BCUT2D eigenvalue weighted by molar-refractivity contribution is 0.166. The molecule has 0 aliphatic heterocycles. The third-order valence-electron chi connectivity index (χ3n) is 2.43. The number of aromatic nitrogens is 2. The molecule has 0 radical (unpaired) electrons. The molecule has 2 aromatic rings. The lowest BCUT2D eigenvalue weighted by Gasteiger charge is -2.00. The molecule has 0 aliphatic carbocycles. The first kappa shape index (κ1) is 14.5. The van der Waals surface area contributed by atoms with Crippen LogP contribution in [0.5, 0.6) is 5.75 Å². The van der Waals surface area contributed by atoms with Gasteiger partial charge in [0.2, 0.25) is 0 Å². The van der Waals surface area contributed by atoms with Gasteiger partial charge in [-0.15, -0.1) is 11.6 Å². The molecular weight excluding hydrogens is 284 g/mol. The van der Waals surface area contributed by atoms with Crippen LogP contribution in [0.1, 0.15) is 6.92 Å². The molecule has 0 saturated carbocycles. The van der Waals surface area contributed by atoms with Crippen molar-refractivity contribution in [2.75, 3.05) is 31.5 Å². The number of benzene rings is 1. The Morgan fingerprint density at radius 3 is 3.05 bits per heavy atom. The minimum Gasteiger partial charge on any atom is -0.494 e. The van der Waals surface area contributed by atoms with E-state index in [1.54, 1.807) is 11.8 Å². The van der Waals surface area contributed by atoms with Crippen molar-refractivity contribution in [2.24, 2.45) is 0 Å². The van der Waals surface area contributed by atoms with E-state index in [0.717, 1.165) is 27.7 Å². The minimum atomic E-state index is 0.537. The number of imidazole rings is 1. The van der Waals surface area contributed by atoms with Crippen molar-refractivity contribution < 1.29 is 9.47 Å². The summed E-state index contributed by atoms with van der Waals surface area (Å²) in [4.78, 5) is 7.78. The summed E-state index contributed by atoms with van der Waals surface area (Å²) < 4.78 is 10.8. The largest absolute Gasteiger partial charge is 0.494 e. The maximum absolute atomic E-state index is 5.53. The highest BCUT2D eigenvalue weighted by Crippen LogP contribution is 2.23. The summed E-state index contributed by atoms with van der Waals surface area (Å²) in [7, 11) is 0. The van der Waals surface area contributed by atoms with Gasteiger partial charge >= 0.3 is 0 Å². The highest BCUT2D eigenvalue weighted by atomic mass is 35.5. The lowest BCUT2D eigenvalue weighted by atomic mass is 10.3. The van der Waals surface area contributed by atoms with Gasteiger partial charge in [-0.05, 0) is 19.1 Å². The molecule has 2 rings (SSSR count). The molecule has 6 heteroatoms. The number of ether oxygens (including phenoxy) is 2. The third kappa shape index (κ3) is 4.30. The molecule has 0 saturated heterocycles. The SMILES string of the molecule is CCOc1ccc2nc(SCCOCCCl)[nH]c2c1. The van der Waals surface area contributed by atoms with E-state index in [-0.39, 0.29) is 0 Å². The van der Waals surface area contributed by atoms with E-state index in [2.05, 4.69) is 9.97 Å². The van der Waals surface area contributed by atoms with E-state index in [1.807, 2.05) is 25.1 Å². The fourth-order valence-electron chi connectivity index (χ4n) is 1.64. The molecule has 0 unspecified atom stereocenters. The van der Waals surface area contributed by atoms with Gasteiger partial charge in [-0.2, -0.15) is 0 Å². The molecule has 0 atom stereocenters. The second-order valence-corrected chi connectivity index (χ2v) is 5.27. The Labute approximate surface area is 121 Å². The topological polar surface area (TPSA) is 47.1 Å². The number of H-pyrrole nitrogens is 1. The molecule has 0 amide bonds. The zero-order chi connectivity index (χ0) is 13.5. The molecule has 19 heavy (non-hydrogen) atoms. The first-order chi connectivity index (χ1) is 9.33. The summed E-state index contributed by atoms with van der Waals surface area (Å²) in [5.41, 5.74) is 1.95. The number of halogens is 1. The monoisotopic (exact) mass is 300 g/mol. The Bertz CT molecular complexity index is 518. The maximum atomic E-state index is 5.53. The first-order valence-corrected chi connectivity index (χ1v) is 7.74. The minimum absolute atomic E-state index is 0.537. The van der Waals surface area contributed by atoms with Gasteiger partial charge in [-0.1, -0.05) is 11.8 Å². The summed E-state index contributed by atoms with van der Waals surface area (Å²) in [6, 6.07) is 5.87. The number of fused-ring (bicyclic) bond motifs is 1. The molecule has 1 heterocycles. The zero-order valence-electron chi connectivity index (χ0n) is 10.8. The van der Waals surface area contributed by atoms with Crippen LogP contribution < -0.4 is 4.74 Å². The number of rotatable bonds is 8. The number of aromatic amines is 1. The highest BCUT2D eigenvalue weighted by Gasteiger charge is 2.04. The standard InChI is InChI=1S/C13H17ClN2O2S/c1-2-18-10-3-4-11-12(9-10)16-13(15-11)19-8-7-17-6-5-14/h3-4,9H,2,5-8H2,1H3,(H,15,16). The molecule has 1 aromatic heterocycles. The van der Waals surface area contributed by atoms with Gasteiger partial charge in [0.05, 0.1) is 30.9 Å². The van der Waals surface area contributed by atoms with E-state index >= 15 is 0 Å². The van der Waals surface area contributed by atoms with Crippen LogP contribution in [0, 0.1) is 0 Å². The molecule has 0 bridgehead atoms. The number of nitrogens with zero attached hydrogens (tertiary/aromatic N) is 1. The molecule has 1 N–H and O–H groups in total. The van der Waals surface area contributed by atoms with Crippen LogP contribution in [0.4, 0.5) is 0 Å². The molecule has 0 fully saturated rings. The van der Waals surface area contributed by atoms with Crippen LogP contribution in [0.2, 0.25) is 0 Å². The normalized spacial score (nSPS) is 11.1. The van der Waals surface area contributed by atoms with Gasteiger partial charge in [0.1, 0.15) is 5.75 Å². The van der Waals surface area contributed by atoms with Crippen LogP contribution in [0.25, 0.3) is 11.0 Å². The maximum Gasteiger partial charge on any atom is 0.166 e. The van der Waals surface area contributed by atoms with E-state index in [9.17, 15) is 0 Å². The van der Waals surface area contributed by atoms with E-state index in [1.165, 1.54) is 0 Å². The average Bonchev–Trinajstić information content (AvgIpc) is 2.81. The summed E-state index contributed by atoms with van der Waals surface area (Å²) in [6.07, 6.45) is 0. The smallest absolute Gasteiger partial charge is 0.166 e. The molecule has 104 valence electrons. The number of hydrogen-bond donors (Lipinski definition) is 1. The molecule has 0 spiro atoms. The van der Waals surface area contributed by atoms with Crippen molar-refractivity contribution in [3.8, 4) is 5.75 Å². The summed E-state index contributed by atoms with van der Waals surface area (Å²) in [5, 5.41) is 0.901. The van der Waals surface area contributed by atoms with Gasteiger partial charge in [0, 0.05) is 17.7 Å². The zero-order valence-corrected chi connectivity index (χ0v) is 12.4. The molecule has 1 aromatic carbocycles. The van der Waals surface area contributed by atoms with Gasteiger partial charge in [-0.3, -0.25) is 0 Å². The average molecular weight is 301 g/mol. The fourth-order valence-corrected chi connectivity index (χ4v) is 2.49. The van der Waals surface area contributed by atoms with E-state index < -0.39 is 0 Å². The van der Waals surface area contributed by atoms with Crippen molar-refractivity contribution in [2.45, 2.75) is 12.1 Å². The van der Waals surface area contributed by atoms with Gasteiger partial charge < -0.3 is 14.5 Å². The summed E-state index contributed by atoms with van der Waals surface area (Å²) in [6.45, 7) is 3.91. The lowest BCUT2D eigenvalue weighted by Crippen LogP contribution is -1.99. The Kier molecular flexibility index (Phi) is 5.82. The van der Waals surface area contributed by atoms with Crippen LogP contribution in [0.15, 0.2) is 23.4 Å². The predicted octanol–water partition coefficient (Wildman–Crippen LogP) is 3.31. The van der Waals surface area contributed by atoms with Crippen LogP contribution >= 0.6 is 23.4 Å². The summed E-state index contributed by atoms with van der Waals surface area (Å²) in [5.74, 6) is 2.26. The van der Waals surface area contributed by atoms with Gasteiger partial charge in [-0.25, -0.2) is 4.98 Å². The Balaban J connectivity index is 1.93. The number of nitrogens with one attached hydrogen (secondary N) is 1. The quantitative estimate of drug-likeness (QED) is 0.461. The van der Waals surface area contributed by atoms with Crippen molar-refractivity contribution in [1.82, 2.24) is 9.97 Å². The number of hydrogen-bond acceptors (Lipinski definition) is 4. The Hall–Kier alpha value is -0.910. The highest BCUT2D eigenvalue weighted by molar-refractivity contribution is 7.99.